The van der Waals surface area contributed by atoms with Crippen LogP contribution in [0.25, 0.3) is 0 Å². The maximum Gasteiger partial charge on any atom is 0.338 e. The van der Waals surface area contributed by atoms with Gasteiger partial charge in [-0.3, -0.25) is 4.79 Å². The fourth-order valence-electron chi connectivity index (χ4n) is 2.56. The summed E-state index contributed by atoms with van der Waals surface area (Å²) in [5.74, 6) is -0.621. The van der Waals surface area contributed by atoms with Crippen molar-refractivity contribution in [2.45, 2.75) is 33.1 Å². The molecule has 0 spiro atoms. The third-order valence-electron chi connectivity index (χ3n) is 4.31. The van der Waals surface area contributed by atoms with Crippen molar-refractivity contribution in [3.05, 3.63) is 29.8 Å². The number of rotatable bonds is 21. The van der Waals surface area contributed by atoms with Crippen LogP contribution in [-0.2, 0) is 33.2 Å². The van der Waals surface area contributed by atoms with Gasteiger partial charge in [-0.15, -0.1) is 0 Å². The van der Waals surface area contributed by atoms with Crippen LogP contribution in [0.3, 0.4) is 0 Å². The molecule has 0 radical (unpaired) electrons. The number of anilines is 1. The first-order valence-corrected chi connectivity index (χ1v) is 11.6. The zero-order valence-corrected chi connectivity index (χ0v) is 20.0. The highest BCUT2D eigenvalue weighted by atomic mass is 16.6. The SMILES string of the molecule is CCCCNc1ccc(C(=O)OCCOCCOCCOCCOCCC(=O)OCC)cc1. The molecule has 188 valence electrons. The molecule has 1 N–H and O–H groups in total. The molecule has 0 bridgehead atoms. The molecule has 9 nitrogen and oxygen atoms in total. The average molecular weight is 470 g/mol. The molecular formula is C24H39NO8. The number of hydrogen-bond donors (Lipinski definition) is 1. The molecule has 0 amide bonds. The summed E-state index contributed by atoms with van der Waals surface area (Å²) >= 11 is 0. The lowest BCUT2D eigenvalue weighted by Gasteiger charge is -2.09. The number of hydrogen-bond acceptors (Lipinski definition) is 9. The van der Waals surface area contributed by atoms with Crippen LogP contribution in [0.1, 0.15) is 43.5 Å². The maximum absolute atomic E-state index is 12.0. The van der Waals surface area contributed by atoms with Crippen molar-refractivity contribution < 1.29 is 38.0 Å². The molecule has 0 saturated carbocycles. The lowest BCUT2D eigenvalue weighted by Crippen LogP contribution is -2.15. The Kier molecular flexibility index (Phi) is 17.8. The Hall–Kier alpha value is -2.20. The normalized spacial score (nSPS) is 10.7. The molecule has 0 aromatic heterocycles. The van der Waals surface area contributed by atoms with Crippen LogP contribution in [0.5, 0.6) is 0 Å². The second-order valence-corrected chi connectivity index (χ2v) is 7.00. The third kappa shape index (κ3) is 16.1. The lowest BCUT2D eigenvalue weighted by molar-refractivity contribution is -0.144. The third-order valence-corrected chi connectivity index (χ3v) is 4.31. The van der Waals surface area contributed by atoms with Gasteiger partial charge < -0.3 is 33.7 Å². The van der Waals surface area contributed by atoms with Crippen molar-refractivity contribution in [3.63, 3.8) is 0 Å². The number of benzene rings is 1. The van der Waals surface area contributed by atoms with E-state index in [4.69, 9.17) is 28.4 Å². The summed E-state index contributed by atoms with van der Waals surface area (Å²) in [5.41, 5.74) is 1.51. The number of carbonyl (C=O) groups excluding carboxylic acids is 2. The largest absolute Gasteiger partial charge is 0.466 e. The second kappa shape index (κ2) is 20.4. The smallest absolute Gasteiger partial charge is 0.338 e. The van der Waals surface area contributed by atoms with E-state index in [9.17, 15) is 9.59 Å². The van der Waals surface area contributed by atoms with E-state index in [1.165, 1.54) is 0 Å². The zero-order valence-electron chi connectivity index (χ0n) is 20.0. The van der Waals surface area contributed by atoms with E-state index in [2.05, 4.69) is 12.2 Å². The van der Waals surface area contributed by atoms with Crippen LogP contribution < -0.4 is 5.32 Å². The summed E-state index contributed by atoms with van der Waals surface area (Å²) in [7, 11) is 0. The van der Waals surface area contributed by atoms with Crippen molar-refractivity contribution >= 4 is 17.6 Å². The molecule has 1 aromatic carbocycles. The summed E-state index contributed by atoms with van der Waals surface area (Å²) in [6, 6.07) is 7.26. The van der Waals surface area contributed by atoms with Crippen LogP contribution in [-0.4, -0.2) is 84.6 Å². The molecule has 0 fully saturated rings. The summed E-state index contributed by atoms with van der Waals surface area (Å²) in [4.78, 5) is 23.1. The Morgan fingerprint density at radius 1 is 0.727 bits per heavy atom. The van der Waals surface area contributed by atoms with Crippen molar-refractivity contribution in [2.75, 3.05) is 77.9 Å². The highest BCUT2D eigenvalue weighted by Gasteiger charge is 2.06. The van der Waals surface area contributed by atoms with Crippen molar-refractivity contribution in [3.8, 4) is 0 Å². The predicted octanol–water partition coefficient (Wildman–Crippen LogP) is 3.08. The Labute approximate surface area is 197 Å². The minimum atomic E-state index is -0.364. The molecule has 0 aliphatic heterocycles. The Balaban J connectivity index is 1.88. The van der Waals surface area contributed by atoms with E-state index in [1.54, 1.807) is 19.1 Å². The van der Waals surface area contributed by atoms with Crippen LogP contribution >= 0.6 is 0 Å². The Morgan fingerprint density at radius 2 is 1.27 bits per heavy atom. The van der Waals surface area contributed by atoms with Gasteiger partial charge in [0.25, 0.3) is 0 Å². The van der Waals surface area contributed by atoms with Crippen molar-refractivity contribution in [1.29, 1.82) is 0 Å². The minimum absolute atomic E-state index is 0.189. The Morgan fingerprint density at radius 3 is 1.82 bits per heavy atom. The fourth-order valence-corrected chi connectivity index (χ4v) is 2.56. The summed E-state index contributed by atoms with van der Waals surface area (Å²) < 4.78 is 31.4. The Bertz CT molecular complexity index is 623. The van der Waals surface area contributed by atoms with Gasteiger partial charge in [0, 0.05) is 12.2 Å². The van der Waals surface area contributed by atoms with E-state index in [-0.39, 0.29) is 25.0 Å². The molecule has 1 rings (SSSR count). The van der Waals surface area contributed by atoms with Crippen molar-refractivity contribution in [1.82, 2.24) is 0 Å². The number of carbonyl (C=O) groups is 2. The van der Waals surface area contributed by atoms with Crippen molar-refractivity contribution in [2.24, 2.45) is 0 Å². The van der Waals surface area contributed by atoms with Gasteiger partial charge in [0.15, 0.2) is 0 Å². The highest BCUT2D eigenvalue weighted by Crippen LogP contribution is 2.10. The van der Waals surface area contributed by atoms with Gasteiger partial charge >= 0.3 is 11.9 Å². The van der Waals surface area contributed by atoms with E-state index < -0.39 is 0 Å². The summed E-state index contributed by atoms with van der Waals surface area (Å²) in [5, 5.41) is 3.31. The van der Waals surface area contributed by atoms with Gasteiger partial charge in [-0.2, -0.15) is 0 Å². The summed E-state index contributed by atoms with van der Waals surface area (Å²) in [6.07, 6.45) is 2.50. The first kappa shape index (κ1) is 28.8. The molecule has 0 unspecified atom stereocenters. The molecule has 33 heavy (non-hydrogen) atoms. The quantitative estimate of drug-likeness (QED) is 0.215. The van der Waals surface area contributed by atoms with E-state index >= 15 is 0 Å². The number of esters is 2. The van der Waals surface area contributed by atoms with Gasteiger partial charge in [-0.05, 0) is 37.6 Å². The van der Waals surface area contributed by atoms with Crippen LogP contribution in [0.4, 0.5) is 5.69 Å². The van der Waals surface area contributed by atoms with E-state index in [1.807, 2.05) is 12.1 Å². The van der Waals surface area contributed by atoms with Gasteiger partial charge in [-0.25, -0.2) is 4.79 Å². The topological polar surface area (TPSA) is 102 Å². The predicted molar refractivity (Wildman–Crippen MR) is 125 cm³/mol. The van der Waals surface area contributed by atoms with Gasteiger partial charge in [-0.1, -0.05) is 13.3 Å². The summed E-state index contributed by atoms with van der Waals surface area (Å²) in [6.45, 7) is 8.64. The second-order valence-electron chi connectivity index (χ2n) is 7.00. The average Bonchev–Trinajstić information content (AvgIpc) is 2.82. The van der Waals surface area contributed by atoms with E-state index in [0.29, 0.717) is 65.0 Å². The van der Waals surface area contributed by atoms with Crippen LogP contribution in [0.2, 0.25) is 0 Å². The molecule has 9 heteroatoms. The first-order chi connectivity index (χ1) is 16.2. The molecule has 1 aromatic rings. The van der Waals surface area contributed by atoms with Crippen LogP contribution in [0, 0.1) is 0 Å². The number of ether oxygens (including phenoxy) is 6. The fraction of sp³-hybridized carbons (Fsp3) is 0.667. The molecule has 0 saturated heterocycles. The van der Waals surface area contributed by atoms with E-state index in [0.717, 1.165) is 25.1 Å². The molecule has 0 heterocycles. The molecule has 0 aliphatic carbocycles. The highest BCUT2D eigenvalue weighted by molar-refractivity contribution is 5.89. The van der Waals surface area contributed by atoms with Gasteiger partial charge in [0.1, 0.15) is 6.61 Å². The first-order valence-electron chi connectivity index (χ1n) is 11.6. The maximum atomic E-state index is 12.0. The number of nitrogens with one attached hydrogen (secondary N) is 1. The number of unbranched alkanes of at least 4 members (excludes halogenated alkanes) is 1. The molecule has 0 atom stereocenters. The zero-order chi connectivity index (χ0) is 24.0. The molecular weight excluding hydrogens is 430 g/mol. The monoisotopic (exact) mass is 469 g/mol. The van der Waals surface area contributed by atoms with Gasteiger partial charge in [0.05, 0.1) is 71.4 Å². The standard InChI is InChI=1S/C24H39NO8/c1-3-5-11-25-22-8-6-21(7-9-22)24(27)33-20-19-31-18-17-30-16-15-29-14-13-28-12-10-23(26)32-4-2/h6-9,25H,3-5,10-20H2,1-2H3. The molecule has 0 aliphatic rings. The lowest BCUT2D eigenvalue weighted by atomic mass is 10.2. The minimum Gasteiger partial charge on any atom is -0.466 e. The van der Waals surface area contributed by atoms with Crippen LogP contribution in [0.15, 0.2) is 24.3 Å². The van der Waals surface area contributed by atoms with Gasteiger partial charge in [0.2, 0.25) is 0 Å².